The van der Waals surface area contributed by atoms with Gasteiger partial charge in [0.25, 0.3) is 0 Å². The summed E-state index contributed by atoms with van der Waals surface area (Å²) in [6.45, 7) is 1.79. The van der Waals surface area contributed by atoms with E-state index in [1.807, 2.05) is 0 Å². The van der Waals surface area contributed by atoms with Gasteiger partial charge >= 0.3 is 12.0 Å². The molecule has 2 amide bonds. The van der Waals surface area contributed by atoms with Gasteiger partial charge in [0.05, 0.1) is 5.56 Å². The molecule has 1 fully saturated rings. The summed E-state index contributed by atoms with van der Waals surface area (Å²) in [4.78, 5) is 22.9. The van der Waals surface area contributed by atoms with Gasteiger partial charge in [-0.3, -0.25) is 0 Å². The molecule has 1 aliphatic heterocycles. The molecule has 20 heavy (non-hydrogen) atoms. The summed E-state index contributed by atoms with van der Waals surface area (Å²) in [6.07, 6.45) is 1.79. The third-order valence-electron chi connectivity index (χ3n) is 3.13. The van der Waals surface area contributed by atoms with E-state index in [1.54, 1.807) is 12.1 Å². The number of hydrogen-bond donors (Lipinski definition) is 4. The minimum absolute atomic E-state index is 0.115. The summed E-state index contributed by atoms with van der Waals surface area (Å²) >= 11 is 3.16. The van der Waals surface area contributed by atoms with Gasteiger partial charge in [0.15, 0.2) is 0 Å². The highest BCUT2D eigenvalue weighted by Gasteiger charge is 2.16. The number of carboxylic acid groups (broad SMARTS) is 1. The third-order valence-corrected chi connectivity index (χ3v) is 3.82. The first-order chi connectivity index (χ1) is 9.56. The fourth-order valence-electron chi connectivity index (χ4n) is 2.09. The van der Waals surface area contributed by atoms with Crippen LogP contribution < -0.4 is 16.0 Å². The number of urea groups is 1. The van der Waals surface area contributed by atoms with E-state index in [-0.39, 0.29) is 17.6 Å². The number of hydrogen-bond acceptors (Lipinski definition) is 3. The Kier molecular flexibility index (Phi) is 4.97. The van der Waals surface area contributed by atoms with Crippen LogP contribution in [-0.2, 0) is 0 Å². The van der Waals surface area contributed by atoms with E-state index in [4.69, 9.17) is 5.11 Å². The van der Waals surface area contributed by atoms with E-state index in [2.05, 4.69) is 31.9 Å². The highest BCUT2D eigenvalue weighted by molar-refractivity contribution is 9.10. The van der Waals surface area contributed by atoms with Crippen LogP contribution in [0.3, 0.4) is 0 Å². The second-order valence-corrected chi connectivity index (χ2v) is 5.48. The number of nitrogens with one attached hydrogen (secondary N) is 3. The fraction of sp³-hybridized carbons (Fsp3) is 0.385. The van der Waals surface area contributed by atoms with Crippen LogP contribution in [0.2, 0.25) is 0 Å². The number of aromatic carboxylic acids is 1. The Morgan fingerprint density at radius 1 is 1.30 bits per heavy atom. The van der Waals surface area contributed by atoms with Gasteiger partial charge in [0, 0.05) is 16.2 Å². The SMILES string of the molecule is O=C(Nc1ccc(Br)c(C(=O)O)c1)NC1CCNCC1. The summed E-state index contributed by atoms with van der Waals surface area (Å²) in [5, 5.41) is 17.8. The van der Waals surface area contributed by atoms with Gasteiger partial charge in [-0.15, -0.1) is 0 Å². The first kappa shape index (κ1) is 14.8. The maximum Gasteiger partial charge on any atom is 0.336 e. The van der Waals surface area contributed by atoms with Crippen LogP contribution in [0.25, 0.3) is 0 Å². The molecule has 0 unspecified atom stereocenters. The molecule has 2 rings (SSSR count). The standard InChI is InChI=1S/C13H16BrN3O3/c14-11-2-1-9(7-10(11)12(18)19)17-13(20)16-8-3-5-15-6-4-8/h1-2,7-8,15H,3-6H2,(H,18,19)(H2,16,17,20). The molecule has 108 valence electrons. The molecular formula is C13H16BrN3O3. The van der Waals surface area contributed by atoms with Gasteiger partial charge in [-0.25, -0.2) is 9.59 Å². The van der Waals surface area contributed by atoms with E-state index < -0.39 is 5.97 Å². The van der Waals surface area contributed by atoms with Crippen LogP contribution in [-0.4, -0.2) is 36.2 Å². The van der Waals surface area contributed by atoms with Gasteiger partial charge in [-0.1, -0.05) is 0 Å². The number of carbonyl (C=O) groups is 2. The van der Waals surface area contributed by atoms with Gasteiger partial charge in [0.1, 0.15) is 0 Å². The molecule has 0 radical (unpaired) electrons. The van der Waals surface area contributed by atoms with Gasteiger partial charge in [-0.05, 0) is 60.1 Å². The maximum atomic E-state index is 11.8. The fourth-order valence-corrected chi connectivity index (χ4v) is 2.50. The average molecular weight is 342 g/mol. The van der Waals surface area contributed by atoms with Crippen molar-refractivity contribution in [1.29, 1.82) is 0 Å². The first-order valence-corrected chi connectivity index (χ1v) is 7.16. The zero-order valence-electron chi connectivity index (χ0n) is 10.8. The summed E-state index contributed by atoms with van der Waals surface area (Å²) in [5.41, 5.74) is 0.571. The largest absolute Gasteiger partial charge is 0.478 e. The Labute approximate surface area is 125 Å². The topological polar surface area (TPSA) is 90.5 Å². The molecule has 0 spiro atoms. The maximum absolute atomic E-state index is 11.8. The van der Waals surface area contributed by atoms with E-state index in [0.29, 0.717) is 10.2 Å². The molecule has 6 nitrogen and oxygen atoms in total. The van der Waals surface area contributed by atoms with Crippen molar-refractivity contribution in [1.82, 2.24) is 10.6 Å². The van der Waals surface area contributed by atoms with Gasteiger partial charge < -0.3 is 21.1 Å². The number of halogens is 1. The number of benzene rings is 1. The van der Waals surface area contributed by atoms with E-state index in [9.17, 15) is 9.59 Å². The lowest BCUT2D eigenvalue weighted by molar-refractivity contribution is 0.0696. The van der Waals surface area contributed by atoms with Crippen LogP contribution in [0.15, 0.2) is 22.7 Å². The number of rotatable bonds is 3. The molecular weight excluding hydrogens is 326 g/mol. The highest BCUT2D eigenvalue weighted by Crippen LogP contribution is 2.21. The van der Waals surface area contributed by atoms with Crippen LogP contribution >= 0.6 is 15.9 Å². The van der Waals surface area contributed by atoms with E-state index in [0.717, 1.165) is 25.9 Å². The summed E-state index contributed by atoms with van der Waals surface area (Å²) in [7, 11) is 0. The molecule has 4 N–H and O–H groups in total. The summed E-state index contributed by atoms with van der Waals surface area (Å²) in [5.74, 6) is -1.04. The molecule has 1 heterocycles. The second kappa shape index (κ2) is 6.71. The van der Waals surface area contributed by atoms with Crippen LogP contribution in [0.4, 0.5) is 10.5 Å². The molecule has 1 aliphatic rings. The van der Waals surface area contributed by atoms with Crippen molar-refractivity contribution in [2.75, 3.05) is 18.4 Å². The quantitative estimate of drug-likeness (QED) is 0.677. The van der Waals surface area contributed by atoms with E-state index >= 15 is 0 Å². The number of piperidine rings is 1. The van der Waals surface area contributed by atoms with Gasteiger partial charge in [0.2, 0.25) is 0 Å². The van der Waals surface area contributed by atoms with Crippen molar-refractivity contribution in [2.24, 2.45) is 0 Å². The molecule has 0 aliphatic carbocycles. The summed E-state index contributed by atoms with van der Waals surface area (Å²) < 4.78 is 0.481. The number of anilines is 1. The summed E-state index contributed by atoms with van der Waals surface area (Å²) in [6, 6.07) is 4.53. The molecule has 0 atom stereocenters. The monoisotopic (exact) mass is 341 g/mol. The minimum atomic E-state index is -1.04. The predicted octanol–water partition coefficient (Wildman–Crippen LogP) is 2.02. The number of carbonyl (C=O) groups excluding carboxylic acids is 1. The van der Waals surface area contributed by atoms with Crippen molar-refractivity contribution >= 4 is 33.6 Å². The van der Waals surface area contributed by atoms with Crippen LogP contribution in [0.1, 0.15) is 23.2 Å². The Balaban J connectivity index is 1.96. The molecule has 1 aromatic carbocycles. The molecule has 0 saturated carbocycles. The van der Waals surface area contributed by atoms with Crippen molar-refractivity contribution in [2.45, 2.75) is 18.9 Å². The predicted molar refractivity (Wildman–Crippen MR) is 79.1 cm³/mol. The lowest BCUT2D eigenvalue weighted by Gasteiger charge is -2.23. The van der Waals surface area contributed by atoms with Crippen LogP contribution in [0, 0.1) is 0 Å². The Hall–Kier alpha value is -1.60. The number of carboxylic acids is 1. The smallest absolute Gasteiger partial charge is 0.336 e. The zero-order chi connectivity index (χ0) is 14.5. The second-order valence-electron chi connectivity index (χ2n) is 4.62. The van der Waals surface area contributed by atoms with Crippen molar-refractivity contribution in [3.8, 4) is 0 Å². The van der Waals surface area contributed by atoms with Crippen molar-refractivity contribution in [3.63, 3.8) is 0 Å². The first-order valence-electron chi connectivity index (χ1n) is 6.37. The highest BCUT2D eigenvalue weighted by atomic mass is 79.9. The molecule has 1 saturated heterocycles. The Morgan fingerprint density at radius 2 is 2.00 bits per heavy atom. The third kappa shape index (κ3) is 3.94. The van der Waals surface area contributed by atoms with E-state index in [1.165, 1.54) is 6.07 Å². The minimum Gasteiger partial charge on any atom is -0.478 e. The average Bonchev–Trinajstić information content (AvgIpc) is 2.41. The van der Waals surface area contributed by atoms with Crippen molar-refractivity contribution < 1.29 is 14.7 Å². The van der Waals surface area contributed by atoms with Gasteiger partial charge in [-0.2, -0.15) is 0 Å². The molecule has 1 aromatic rings. The zero-order valence-corrected chi connectivity index (χ0v) is 12.4. The number of amides is 2. The molecule has 7 heteroatoms. The Morgan fingerprint density at radius 3 is 2.65 bits per heavy atom. The molecule has 0 bridgehead atoms. The van der Waals surface area contributed by atoms with Crippen LogP contribution in [0.5, 0.6) is 0 Å². The molecule has 0 aromatic heterocycles. The lowest BCUT2D eigenvalue weighted by Crippen LogP contribution is -2.44. The lowest BCUT2D eigenvalue weighted by atomic mass is 10.1. The van der Waals surface area contributed by atoms with Crippen molar-refractivity contribution in [3.05, 3.63) is 28.2 Å². The normalized spacial score (nSPS) is 15.7. The Bertz CT molecular complexity index is 516.